The molecule has 140 valence electrons. The molecule has 0 aromatic heterocycles. The first-order valence-electron chi connectivity index (χ1n) is 7.74. The van der Waals surface area contributed by atoms with Crippen LogP contribution in [0.4, 0.5) is 24.5 Å². The fourth-order valence-electron chi connectivity index (χ4n) is 2.21. The summed E-state index contributed by atoms with van der Waals surface area (Å²) in [5.41, 5.74) is 1.10. The van der Waals surface area contributed by atoms with E-state index in [0.717, 1.165) is 29.5 Å². The van der Waals surface area contributed by atoms with Gasteiger partial charge in [-0.2, -0.15) is 18.4 Å². The van der Waals surface area contributed by atoms with Crippen LogP contribution in [0.3, 0.4) is 0 Å². The smallest absolute Gasteiger partial charge is 0.360 e. The maximum Gasteiger partial charge on any atom is 0.417 e. The Morgan fingerprint density at radius 1 is 1.22 bits per heavy atom. The Kier molecular flexibility index (Phi) is 6.13. The Balaban J connectivity index is 2.21. The maximum atomic E-state index is 12.9. The number of carbonyl (C=O) groups excluding carboxylic acids is 1. The van der Waals surface area contributed by atoms with Gasteiger partial charge in [0.2, 0.25) is 0 Å². The minimum absolute atomic E-state index is 0.0408. The maximum absolute atomic E-state index is 12.9. The minimum atomic E-state index is -4.61. The summed E-state index contributed by atoms with van der Waals surface area (Å²) >= 11 is 5.56. The molecular formula is C19H15ClF3N3O. The number of hydrogen-bond acceptors (Lipinski definition) is 3. The predicted molar refractivity (Wildman–Crippen MR) is 98.3 cm³/mol. The average Bonchev–Trinajstić information content (AvgIpc) is 2.60. The molecule has 2 aromatic carbocycles. The Bertz CT molecular complexity index is 946. The van der Waals surface area contributed by atoms with Crippen molar-refractivity contribution in [3.63, 3.8) is 0 Å². The first-order valence-corrected chi connectivity index (χ1v) is 8.12. The Labute approximate surface area is 159 Å². The monoisotopic (exact) mass is 393 g/mol. The molecule has 0 spiro atoms. The van der Waals surface area contributed by atoms with Gasteiger partial charge in [-0.3, -0.25) is 4.79 Å². The molecule has 0 radical (unpaired) electrons. The Hall–Kier alpha value is -2.98. The summed E-state index contributed by atoms with van der Waals surface area (Å²) in [5.74, 6) is -0.677. The van der Waals surface area contributed by atoms with Gasteiger partial charge in [0.05, 0.1) is 10.6 Å². The summed E-state index contributed by atoms with van der Waals surface area (Å²) in [6, 6.07) is 10.3. The molecule has 1 amide bonds. The number of hydrogen-bond donors (Lipinski definition) is 2. The molecule has 2 rings (SSSR count). The number of nitrogens with zero attached hydrogens (tertiary/aromatic N) is 1. The van der Waals surface area contributed by atoms with E-state index in [0.29, 0.717) is 5.69 Å². The number of amides is 1. The summed E-state index contributed by atoms with van der Waals surface area (Å²) in [7, 11) is 0. The number of alkyl halides is 3. The zero-order valence-corrected chi connectivity index (χ0v) is 15.2. The summed E-state index contributed by atoms with van der Waals surface area (Å²) in [4.78, 5) is 12.3. The zero-order chi connectivity index (χ0) is 20.2. The van der Waals surface area contributed by atoms with Crippen LogP contribution in [0.25, 0.3) is 0 Å². The number of halogens is 4. The minimum Gasteiger partial charge on any atom is -0.360 e. The van der Waals surface area contributed by atoms with E-state index in [9.17, 15) is 23.2 Å². The van der Waals surface area contributed by atoms with Crippen LogP contribution in [0.2, 0.25) is 5.02 Å². The van der Waals surface area contributed by atoms with Crippen LogP contribution in [0, 0.1) is 25.2 Å². The van der Waals surface area contributed by atoms with E-state index in [1.807, 2.05) is 19.9 Å². The third-order valence-electron chi connectivity index (χ3n) is 3.87. The first-order chi connectivity index (χ1) is 12.6. The number of anilines is 2. The van der Waals surface area contributed by atoms with Crippen LogP contribution in [0.1, 0.15) is 16.7 Å². The van der Waals surface area contributed by atoms with Crippen molar-refractivity contribution in [2.45, 2.75) is 20.0 Å². The van der Waals surface area contributed by atoms with E-state index in [1.165, 1.54) is 6.07 Å². The quantitative estimate of drug-likeness (QED) is 0.537. The van der Waals surface area contributed by atoms with Gasteiger partial charge >= 0.3 is 6.18 Å². The van der Waals surface area contributed by atoms with Crippen molar-refractivity contribution in [1.82, 2.24) is 0 Å². The van der Waals surface area contributed by atoms with Crippen LogP contribution in [0.15, 0.2) is 48.2 Å². The van der Waals surface area contributed by atoms with Gasteiger partial charge in [0.25, 0.3) is 5.91 Å². The first kappa shape index (κ1) is 20.3. The third kappa shape index (κ3) is 5.02. The molecule has 0 unspecified atom stereocenters. The lowest BCUT2D eigenvalue weighted by atomic mass is 10.1. The highest BCUT2D eigenvalue weighted by atomic mass is 35.5. The molecule has 4 nitrogen and oxygen atoms in total. The van der Waals surface area contributed by atoms with E-state index < -0.39 is 22.7 Å². The zero-order valence-electron chi connectivity index (χ0n) is 14.4. The molecule has 0 aliphatic carbocycles. The number of rotatable bonds is 4. The van der Waals surface area contributed by atoms with Gasteiger partial charge in [-0.25, -0.2) is 0 Å². The molecule has 0 saturated carbocycles. The van der Waals surface area contributed by atoms with Crippen molar-refractivity contribution in [1.29, 1.82) is 5.26 Å². The van der Waals surface area contributed by atoms with Crippen molar-refractivity contribution in [2.75, 3.05) is 10.6 Å². The summed E-state index contributed by atoms with van der Waals surface area (Å²) in [6.07, 6.45) is -3.57. The molecule has 0 atom stereocenters. The van der Waals surface area contributed by atoms with Crippen molar-refractivity contribution in [3.05, 3.63) is 69.9 Å². The summed E-state index contributed by atoms with van der Waals surface area (Å²) in [6.45, 7) is 3.71. The van der Waals surface area contributed by atoms with Crippen LogP contribution < -0.4 is 10.6 Å². The van der Waals surface area contributed by atoms with Gasteiger partial charge in [0.15, 0.2) is 0 Å². The van der Waals surface area contributed by atoms with Crippen LogP contribution in [-0.4, -0.2) is 5.91 Å². The van der Waals surface area contributed by atoms with Crippen molar-refractivity contribution < 1.29 is 18.0 Å². The fraction of sp³-hybridized carbons (Fsp3) is 0.158. The molecule has 8 heteroatoms. The number of nitriles is 1. The van der Waals surface area contributed by atoms with Crippen LogP contribution in [-0.2, 0) is 11.0 Å². The second-order valence-corrected chi connectivity index (χ2v) is 6.12. The fourth-order valence-corrected chi connectivity index (χ4v) is 2.44. The van der Waals surface area contributed by atoms with Gasteiger partial charge in [-0.05, 0) is 49.2 Å². The van der Waals surface area contributed by atoms with Crippen molar-refractivity contribution in [3.8, 4) is 6.07 Å². The molecule has 0 heterocycles. The highest BCUT2D eigenvalue weighted by molar-refractivity contribution is 6.31. The molecular weight excluding hydrogens is 379 g/mol. The van der Waals surface area contributed by atoms with Gasteiger partial charge < -0.3 is 10.6 Å². The number of nitrogens with one attached hydrogen (secondary N) is 2. The number of benzene rings is 2. The lowest BCUT2D eigenvalue weighted by molar-refractivity contribution is -0.137. The molecule has 27 heavy (non-hydrogen) atoms. The topological polar surface area (TPSA) is 64.9 Å². The molecule has 0 aliphatic rings. The third-order valence-corrected chi connectivity index (χ3v) is 4.20. The molecule has 2 N–H and O–H groups in total. The van der Waals surface area contributed by atoms with E-state index in [4.69, 9.17) is 11.6 Å². The number of aryl methyl sites for hydroxylation is 1. The second kappa shape index (κ2) is 8.14. The van der Waals surface area contributed by atoms with Crippen molar-refractivity contribution in [2.24, 2.45) is 0 Å². The standard InChI is InChI=1S/C19H15ClF3N3O/c1-11-4-3-5-17(12(11)2)26-18(27)13(9-24)10-25-14-6-7-16(20)15(8-14)19(21,22)23/h3-8,10,25H,1-2H3,(H,26,27)/b13-10-. The second-order valence-electron chi connectivity index (χ2n) is 5.71. The number of carbonyl (C=O) groups is 1. The van der Waals surface area contributed by atoms with E-state index in [2.05, 4.69) is 10.6 Å². The largest absolute Gasteiger partial charge is 0.417 e. The molecule has 0 aliphatic heterocycles. The molecule has 2 aromatic rings. The van der Waals surface area contributed by atoms with Crippen LogP contribution >= 0.6 is 11.6 Å². The van der Waals surface area contributed by atoms with E-state index >= 15 is 0 Å². The lowest BCUT2D eigenvalue weighted by Gasteiger charge is -2.11. The predicted octanol–water partition coefficient (Wildman–Crippen LogP) is 5.43. The average molecular weight is 394 g/mol. The summed E-state index contributed by atoms with van der Waals surface area (Å²) < 4.78 is 38.7. The van der Waals surface area contributed by atoms with Gasteiger partial charge in [0, 0.05) is 17.6 Å². The SMILES string of the molecule is Cc1cccc(NC(=O)/C(C#N)=C\Nc2ccc(Cl)c(C(F)(F)F)c2)c1C. The van der Waals surface area contributed by atoms with Crippen LogP contribution in [0.5, 0.6) is 0 Å². The molecule has 0 fully saturated rings. The van der Waals surface area contributed by atoms with Gasteiger partial charge in [-0.1, -0.05) is 23.7 Å². The van der Waals surface area contributed by atoms with Crippen molar-refractivity contribution >= 4 is 28.9 Å². The highest BCUT2D eigenvalue weighted by Gasteiger charge is 2.33. The Morgan fingerprint density at radius 3 is 2.56 bits per heavy atom. The van der Waals surface area contributed by atoms with Gasteiger partial charge in [0.1, 0.15) is 11.6 Å². The lowest BCUT2D eigenvalue weighted by Crippen LogP contribution is -2.15. The highest BCUT2D eigenvalue weighted by Crippen LogP contribution is 2.36. The van der Waals surface area contributed by atoms with Gasteiger partial charge in [-0.15, -0.1) is 0 Å². The molecule has 0 saturated heterocycles. The van der Waals surface area contributed by atoms with E-state index in [1.54, 1.807) is 18.2 Å². The van der Waals surface area contributed by atoms with E-state index in [-0.39, 0.29) is 11.3 Å². The molecule has 0 bridgehead atoms. The Morgan fingerprint density at radius 2 is 1.93 bits per heavy atom. The normalized spacial score (nSPS) is 11.7. The summed E-state index contributed by atoms with van der Waals surface area (Å²) in [5, 5.41) is 13.9.